The van der Waals surface area contributed by atoms with Gasteiger partial charge in [0, 0.05) is 30.8 Å². The molecule has 1 fully saturated rings. The van der Waals surface area contributed by atoms with Crippen molar-refractivity contribution in [1.29, 1.82) is 0 Å². The van der Waals surface area contributed by atoms with E-state index in [1.54, 1.807) is 0 Å². The molecule has 0 unspecified atom stereocenters. The summed E-state index contributed by atoms with van der Waals surface area (Å²) in [4.78, 5) is 0. The van der Waals surface area contributed by atoms with E-state index in [2.05, 4.69) is 173 Å². The molecular weight excluding hydrogens is 913 g/mol. The molecule has 4 atom stereocenters. The minimum absolute atomic E-state index is 0. The first-order chi connectivity index (χ1) is 23.8. The van der Waals surface area contributed by atoms with Crippen molar-refractivity contribution in [2.24, 2.45) is 11.8 Å². The summed E-state index contributed by atoms with van der Waals surface area (Å²) in [5.41, 5.74) is 0.551. The van der Waals surface area contributed by atoms with Gasteiger partial charge in [-0.2, -0.15) is 0 Å². The Kier molecular flexibility index (Phi) is 13.9. The van der Waals surface area contributed by atoms with Crippen molar-refractivity contribution < 1.29 is 45.8 Å². The molecule has 2 nitrogen and oxygen atoms in total. The topological polar surface area (TPSA) is 18.5 Å². The Labute approximate surface area is 321 Å². The Balaban J connectivity index is 0.000000335. The van der Waals surface area contributed by atoms with Crippen molar-refractivity contribution in [3.63, 3.8) is 0 Å². The average Bonchev–Trinajstić information content (AvgIpc) is 3.82. The molecule has 0 amide bonds. The van der Waals surface area contributed by atoms with Crippen molar-refractivity contribution in [2.45, 2.75) is 63.4 Å². The molecule has 1 heterocycles. The summed E-state index contributed by atoms with van der Waals surface area (Å²) < 4.78 is 73.1. The molecule has 2 bridgehead atoms. The van der Waals surface area contributed by atoms with Gasteiger partial charge in [0.1, 0.15) is 0 Å². The van der Waals surface area contributed by atoms with Crippen molar-refractivity contribution in [3.8, 4) is 0 Å². The molecule has 2 aliphatic carbocycles. The Hall–Kier alpha value is -1.84. The number of allylic oxidation sites excluding steroid dienone is 4. The fourth-order valence-electron chi connectivity index (χ4n) is 6.78. The fraction of sp³-hybridized carbons (Fsp3) is 0.300. The van der Waals surface area contributed by atoms with Crippen molar-refractivity contribution in [1.82, 2.24) is 0 Å². The Morgan fingerprint density at radius 1 is 0.519 bits per heavy atom. The van der Waals surface area contributed by atoms with Crippen LogP contribution in [0.5, 0.6) is 0 Å². The molecule has 1 radical (unpaired) electrons. The van der Waals surface area contributed by atoms with Crippen LogP contribution in [0.1, 0.15) is 34.1 Å². The Morgan fingerprint density at radius 2 is 0.750 bits per heavy atom. The van der Waals surface area contributed by atoms with Gasteiger partial charge in [-0.05, 0) is 69.2 Å². The number of rotatable bonds is 8. The van der Waals surface area contributed by atoms with E-state index in [9.17, 15) is 16.9 Å². The molecule has 4 aromatic carbocycles. The normalized spacial score (nSPS) is 23.7. The van der Waals surface area contributed by atoms with E-state index in [0.717, 1.165) is 11.8 Å². The van der Waals surface area contributed by atoms with Crippen molar-refractivity contribution >= 4 is 56.5 Å². The number of hydrogen-bond donors (Lipinski definition) is 0. The van der Waals surface area contributed by atoms with Gasteiger partial charge in [-0.15, -0.1) is 0 Å². The smallest absolute Gasteiger partial charge is 0 e. The largest absolute Gasteiger partial charge is 0 e. The predicted octanol–water partition coefficient (Wildman–Crippen LogP) is 10.4. The van der Waals surface area contributed by atoms with Gasteiger partial charge >= 0.3 is 36.4 Å². The quantitative estimate of drug-likeness (QED) is 0.0758. The third-order valence-corrected chi connectivity index (χ3v) is 14.5. The minimum Gasteiger partial charge on any atom is 0 e. The van der Waals surface area contributed by atoms with Crippen LogP contribution in [0.4, 0.5) is 16.9 Å². The molecule has 3 aliphatic rings. The summed E-state index contributed by atoms with van der Waals surface area (Å²) in [6.07, 6.45) is 10.5. The van der Waals surface area contributed by atoms with E-state index >= 15 is 0 Å². The Morgan fingerprint density at radius 3 is 0.942 bits per heavy atom. The molecule has 0 saturated carbocycles. The van der Waals surface area contributed by atoms with Crippen LogP contribution in [0.15, 0.2) is 146 Å². The van der Waals surface area contributed by atoms with Gasteiger partial charge in [0.15, 0.2) is 5.79 Å². The maximum Gasteiger partial charge on any atom is 0 e. The molecule has 0 aromatic heterocycles. The zero-order chi connectivity index (χ0) is 36.9. The van der Waals surface area contributed by atoms with E-state index < -0.39 is 41.1 Å². The first-order valence-corrected chi connectivity index (χ1v) is 25.5. The summed E-state index contributed by atoms with van der Waals surface area (Å²) in [5.74, 6) is 0.996. The van der Waals surface area contributed by atoms with E-state index in [4.69, 9.17) is 9.47 Å². The second-order valence-electron chi connectivity index (χ2n) is 13.4. The van der Waals surface area contributed by atoms with Gasteiger partial charge in [-0.25, -0.2) is 0 Å². The van der Waals surface area contributed by atoms with Gasteiger partial charge in [0.25, 0.3) is 0 Å². The van der Waals surface area contributed by atoms with Crippen LogP contribution in [0.25, 0.3) is 0 Å². The molecule has 7 rings (SSSR count). The average molecular weight is 957 g/mol. The molecule has 283 valence electrons. The molecular formula is C40H44F6O2P2RhSb-. The van der Waals surface area contributed by atoms with Gasteiger partial charge < -0.3 is 9.47 Å². The summed E-state index contributed by atoms with van der Waals surface area (Å²) in [6, 6.07) is 43.8. The first kappa shape index (κ1) is 42.9. The zero-order valence-electron chi connectivity index (χ0n) is 29.3. The molecule has 0 N–H and O–H groups in total. The fourth-order valence-corrected chi connectivity index (χ4v) is 12.3. The van der Waals surface area contributed by atoms with Gasteiger partial charge in [-0.3, -0.25) is 0 Å². The van der Waals surface area contributed by atoms with Crippen LogP contribution in [-0.4, -0.2) is 48.8 Å². The van der Waals surface area contributed by atoms with Crippen LogP contribution in [0.3, 0.4) is 0 Å². The van der Waals surface area contributed by atoms with Gasteiger partial charge in [0.05, 0.1) is 12.2 Å². The third-order valence-electron chi connectivity index (χ3n) is 8.82. The van der Waals surface area contributed by atoms with E-state index in [0.29, 0.717) is 0 Å². The summed E-state index contributed by atoms with van der Waals surface area (Å²) in [6.45, 7) is 8.88. The molecule has 4 aromatic rings. The summed E-state index contributed by atoms with van der Waals surface area (Å²) in [5, 5.41) is 5.52. The molecule has 52 heavy (non-hydrogen) atoms. The molecule has 12 heteroatoms. The number of benzene rings is 4. The SMILES string of the molecule is C1=CC2C=CC1C2.C[C@H]([C@H]1OC(C)(C)O[C@@H]1[C@@H](C)P(c1ccccc1)c1ccccc1)P(c1ccccc1)c1ccccc1.[F][Sb-]([F])([F])([F])([F])[F].[Rh]. The van der Waals surface area contributed by atoms with E-state index in [1.165, 1.54) is 27.6 Å². The number of hydrogen-bond acceptors (Lipinski definition) is 2. The van der Waals surface area contributed by atoms with Crippen molar-refractivity contribution in [3.05, 3.63) is 146 Å². The van der Waals surface area contributed by atoms with Crippen LogP contribution in [0, 0.1) is 11.8 Å². The van der Waals surface area contributed by atoms with Crippen LogP contribution < -0.4 is 21.2 Å². The number of ether oxygens (including phenoxy) is 2. The monoisotopic (exact) mass is 956 g/mol. The van der Waals surface area contributed by atoms with Crippen molar-refractivity contribution in [2.75, 3.05) is 0 Å². The Bertz CT molecular complexity index is 1550. The summed E-state index contributed by atoms with van der Waals surface area (Å²) >= 11 is -11.2. The van der Waals surface area contributed by atoms with Crippen LogP contribution >= 0.6 is 15.8 Å². The second kappa shape index (κ2) is 16.9. The minimum atomic E-state index is -11.2. The van der Waals surface area contributed by atoms with E-state index in [1.807, 2.05) is 0 Å². The third kappa shape index (κ3) is 13.2. The van der Waals surface area contributed by atoms with E-state index in [-0.39, 0.29) is 43.0 Å². The second-order valence-corrected chi connectivity index (χ2v) is 24.1. The standard InChI is InChI=1S/C33H36O2P2.C7H8.6FH.Rh.Sb/c1-25(36(27-17-9-5-10-18-27)28-19-11-6-12-20-28)31-32(35-33(3,4)34-31)26(2)37(29-21-13-7-14-22-29)30-23-15-8-16-24-30;1-2-7-4-3-6(1)5-7;;;;;;;;/h5-26,31-32H,1-4H3;1-4,6-7H,5H2;6*1H;;/q;;;;;;;;;+5/p-6/t25-,26-,31-,32-;;;;;;;;;/m1........./s1. The van der Waals surface area contributed by atoms with Gasteiger partial charge in [0.2, 0.25) is 0 Å². The zero-order valence-corrected chi connectivity index (χ0v) is 35.3. The predicted molar refractivity (Wildman–Crippen MR) is 203 cm³/mol. The number of fused-ring (bicyclic) bond motifs is 2. The molecule has 0 spiro atoms. The summed E-state index contributed by atoms with van der Waals surface area (Å²) in [7, 11) is -1.28. The van der Waals surface area contributed by atoms with Gasteiger partial charge in [-0.1, -0.05) is 159 Å². The number of halogens is 6. The maximum absolute atomic E-state index is 11.2. The van der Waals surface area contributed by atoms with Crippen LogP contribution in [0.2, 0.25) is 0 Å². The maximum atomic E-state index is 9.93. The molecule has 1 aliphatic heterocycles. The first-order valence-electron chi connectivity index (χ1n) is 16.9. The van der Waals surface area contributed by atoms with Crippen LogP contribution in [-0.2, 0) is 29.0 Å². The molecule has 1 saturated heterocycles.